The fraction of sp³-hybridized carbons (Fsp3) is 0.273. The van der Waals surface area contributed by atoms with Gasteiger partial charge in [-0.3, -0.25) is 9.89 Å². The highest BCUT2D eigenvalue weighted by molar-refractivity contribution is 6.00. The van der Waals surface area contributed by atoms with E-state index in [1.165, 1.54) is 22.3 Å². The largest absolute Gasteiger partial charge is 0.493 e. The fourth-order valence-corrected chi connectivity index (χ4v) is 4.53. The minimum Gasteiger partial charge on any atom is -0.493 e. The molecule has 5 heteroatoms. The SMILES string of the molecule is CC/C(=C(/c1ccc(OCC(C)CC/C=C/C(=O)N(C)C)cc1)c1ccc2[nH]ncc2c1)c1ccccc1. The van der Waals surface area contributed by atoms with Crippen molar-refractivity contribution in [3.8, 4) is 5.75 Å². The molecule has 196 valence electrons. The number of nitrogens with one attached hydrogen (secondary N) is 1. The molecule has 0 bridgehead atoms. The molecule has 0 aliphatic heterocycles. The molecule has 1 amide bonds. The summed E-state index contributed by atoms with van der Waals surface area (Å²) in [6.07, 6.45) is 8.20. The second-order valence-corrected chi connectivity index (χ2v) is 9.90. The number of allylic oxidation sites excluding steroid dienone is 2. The highest BCUT2D eigenvalue weighted by Crippen LogP contribution is 2.36. The van der Waals surface area contributed by atoms with Crippen LogP contribution >= 0.6 is 0 Å². The molecule has 0 aliphatic carbocycles. The second kappa shape index (κ2) is 12.9. The summed E-state index contributed by atoms with van der Waals surface area (Å²) < 4.78 is 6.12. The van der Waals surface area contributed by atoms with Gasteiger partial charge in [0.25, 0.3) is 0 Å². The highest BCUT2D eigenvalue weighted by atomic mass is 16.5. The molecule has 1 heterocycles. The van der Waals surface area contributed by atoms with Crippen LogP contribution < -0.4 is 4.74 Å². The average Bonchev–Trinajstić information content (AvgIpc) is 3.41. The lowest BCUT2D eigenvalue weighted by atomic mass is 9.88. The minimum atomic E-state index is 0.0191. The molecule has 0 spiro atoms. The van der Waals surface area contributed by atoms with Crippen molar-refractivity contribution in [2.75, 3.05) is 20.7 Å². The quantitative estimate of drug-likeness (QED) is 0.170. The molecule has 3 aromatic carbocycles. The first-order valence-electron chi connectivity index (χ1n) is 13.3. The lowest BCUT2D eigenvalue weighted by Gasteiger charge is -2.17. The molecular weight excluding hydrogens is 470 g/mol. The molecule has 0 saturated heterocycles. The average molecular weight is 508 g/mol. The molecule has 0 fully saturated rings. The third-order valence-corrected chi connectivity index (χ3v) is 6.71. The Balaban J connectivity index is 1.52. The number of amides is 1. The fourth-order valence-electron chi connectivity index (χ4n) is 4.53. The Hall–Kier alpha value is -4.12. The summed E-state index contributed by atoms with van der Waals surface area (Å²) in [5.41, 5.74) is 7.11. The van der Waals surface area contributed by atoms with Crippen LogP contribution in [0.2, 0.25) is 0 Å². The van der Waals surface area contributed by atoms with E-state index in [0.717, 1.165) is 41.5 Å². The summed E-state index contributed by atoms with van der Waals surface area (Å²) in [5.74, 6) is 1.27. The maximum atomic E-state index is 11.7. The van der Waals surface area contributed by atoms with E-state index in [0.29, 0.717) is 12.5 Å². The van der Waals surface area contributed by atoms with Crippen molar-refractivity contribution in [3.63, 3.8) is 0 Å². The van der Waals surface area contributed by atoms with Crippen LogP contribution in [0.5, 0.6) is 5.75 Å². The van der Waals surface area contributed by atoms with Gasteiger partial charge in [-0.1, -0.05) is 68.5 Å². The van der Waals surface area contributed by atoms with Crippen LogP contribution in [0.25, 0.3) is 22.0 Å². The van der Waals surface area contributed by atoms with E-state index in [2.05, 4.69) is 96.8 Å². The van der Waals surface area contributed by atoms with Gasteiger partial charge in [-0.05, 0) is 83.4 Å². The van der Waals surface area contributed by atoms with Crippen LogP contribution in [0.3, 0.4) is 0 Å². The zero-order chi connectivity index (χ0) is 26.9. The summed E-state index contributed by atoms with van der Waals surface area (Å²) in [6.45, 7) is 5.03. The maximum Gasteiger partial charge on any atom is 0.245 e. The molecule has 5 nitrogen and oxygen atoms in total. The van der Waals surface area contributed by atoms with Crippen molar-refractivity contribution in [2.24, 2.45) is 5.92 Å². The number of carbonyl (C=O) groups excluding carboxylic acids is 1. The van der Waals surface area contributed by atoms with E-state index in [1.54, 1.807) is 25.1 Å². The Kier molecular flexibility index (Phi) is 9.15. The summed E-state index contributed by atoms with van der Waals surface area (Å²) in [5, 5.41) is 8.35. The predicted octanol–water partition coefficient (Wildman–Crippen LogP) is 7.37. The number of hydrogen-bond donors (Lipinski definition) is 1. The zero-order valence-electron chi connectivity index (χ0n) is 22.8. The van der Waals surface area contributed by atoms with Gasteiger partial charge in [-0.25, -0.2) is 0 Å². The van der Waals surface area contributed by atoms with Crippen LogP contribution in [0.4, 0.5) is 0 Å². The number of aromatic amines is 1. The van der Waals surface area contributed by atoms with Gasteiger partial charge in [0, 0.05) is 19.5 Å². The van der Waals surface area contributed by atoms with Crippen molar-refractivity contribution in [1.29, 1.82) is 0 Å². The Labute approximate surface area is 225 Å². The molecular formula is C33H37N3O2. The summed E-state index contributed by atoms with van der Waals surface area (Å²) >= 11 is 0. The Morgan fingerprint density at radius 3 is 2.45 bits per heavy atom. The first-order chi connectivity index (χ1) is 18.5. The predicted molar refractivity (Wildman–Crippen MR) is 157 cm³/mol. The van der Waals surface area contributed by atoms with Gasteiger partial charge < -0.3 is 9.64 Å². The number of carbonyl (C=O) groups is 1. The van der Waals surface area contributed by atoms with Crippen LogP contribution in [0.15, 0.2) is 91.1 Å². The number of rotatable bonds is 11. The molecule has 1 atom stereocenters. The monoisotopic (exact) mass is 507 g/mol. The third-order valence-electron chi connectivity index (χ3n) is 6.71. The first kappa shape index (κ1) is 26.9. The molecule has 38 heavy (non-hydrogen) atoms. The van der Waals surface area contributed by atoms with Gasteiger partial charge in [0.15, 0.2) is 0 Å². The van der Waals surface area contributed by atoms with Crippen molar-refractivity contribution >= 4 is 28.0 Å². The molecule has 1 unspecified atom stereocenters. The Morgan fingerprint density at radius 2 is 1.74 bits per heavy atom. The van der Waals surface area contributed by atoms with Crippen LogP contribution in [-0.4, -0.2) is 41.7 Å². The number of nitrogens with zero attached hydrogens (tertiary/aromatic N) is 2. The first-order valence-corrected chi connectivity index (χ1v) is 13.3. The molecule has 0 radical (unpaired) electrons. The maximum absolute atomic E-state index is 11.7. The standard InChI is InChI=1S/C33H37N3O2/c1-5-30(25-12-7-6-8-13-25)33(27-17-20-31-28(21-27)22-34-35-31)26-15-18-29(19-16-26)38-23-24(2)11-9-10-14-32(37)36(3)4/h6-8,10,12-22,24H,5,9,11,23H2,1-4H3,(H,34,35)/b14-10+,33-30+. The minimum absolute atomic E-state index is 0.0191. The third kappa shape index (κ3) is 6.80. The smallest absolute Gasteiger partial charge is 0.245 e. The zero-order valence-corrected chi connectivity index (χ0v) is 22.8. The Bertz CT molecular complexity index is 1400. The van der Waals surface area contributed by atoms with Crippen LogP contribution in [0.1, 0.15) is 49.8 Å². The van der Waals surface area contributed by atoms with Crippen LogP contribution in [0, 0.1) is 5.92 Å². The van der Waals surface area contributed by atoms with Crippen molar-refractivity contribution in [2.45, 2.75) is 33.1 Å². The molecule has 1 N–H and O–H groups in total. The van der Waals surface area contributed by atoms with E-state index in [1.807, 2.05) is 12.3 Å². The van der Waals surface area contributed by atoms with Gasteiger partial charge in [-0.15, -0.1) is 0 Å². The molecule has 4 aromatic rings. The topological polar surface area (TPSA) is 58.2 Å². The van der Waals surface area contributed by atoms with E-state index < -0.39 is 0 Å². The van der Waals surface area contributed by atoms with E-state index in [4.69, 9.17) is 4.74 Å². The van der Waals surface area contributed by atoms with Crippen molar-refractivity contribution in [1.82, 2.24) is 15.1 Å². The van der Waals surface area contributed by atoms with Crippen molar-refractivity contribution < 1.29 is 9.53 Å². The van der Waals surface area contributed by atoms with E-state index in [-0.39, 0.29) is 5.91 Å². The number of likely N-dealkylation sites (N-methyl/N-ethyl adjacent to an activating group) is 1. The number of aromatic nitrogens is 2. The summed E-state index contributed by atoms with van der Waals surface area (Å²) in [6, 6.07) is 25.5. The second-order valence-electron chi connectivity index (χ2n) is 9.90. The molecule has 0 saturated carbocycles. The summed E-state index contributed by atoms with van der Waals surface area (Å²) in [4.78, 5) is 13.2. The van der Waals surface area contributed by atoms with Gasteiger partial charge in [0.2, 0.25) is 5.91 Å². The van der Waals surface area contributed by atoms with Gasteiger partial charge >= 0.3 is 0 Å². The van der Waals surface area contributed by atoms with Crippen LogP contribution in [-0.2, 0) is 4.79 Å². The molecule has 1 aromatic heterocycles. The normalized spacial score (nSPS) is 12.9. The van der Waals surface area contributed by atoms with Gasteiger partial charge in [-0.2, -0.15) is 5.10 Å². The summed E-state index contributed by atoms with van der Waals surface area (Å²) in [7, 11) is 3.52. The lowest BCUT2D eigenvalue weighted by Crippen LogP contribution is -2.18. The molecule has 0 aliphatic rings. The lowest BCUT2D eigenvalue weighted by molar-refractivity contribution is -0.123. The van der Waals surface area contributed by atoms with Gasteiger partial charge in [0.1, 0.15) is 5.75 Å². The Morgan fingerprint density at radius 1 is 1.00 bits per heavy atom. The van der Waals surface area contributed by atoms with Gasteiger partial charge in [0.05, 0.1) is 18.3 Å². The number of benzene rings is 3. The van der Waals surface area contributed by atoms with E-state index >= 15 is 0 Å². The highest BCUT2D eigenvalue weighted by Gasteiger charge is 2.14. The number of ether oxygens (including phenoxy) is 1. The number of H-pyrrole nitrogens is 1. The molecule has 4 rings (SSSR count). The number of fused-ring (bicyclic) bond motifs is 1. The van der Waals surface area contributed by atoms with E-state index in [9.17, 15) is 4.79 Å². The van der Waals surface area contributed by atoms with Crippen molar-refractivity contribution in [3.05, 3.63) is 108 Å². The number of hydrogen-bond acceptors (Lipinski definition) is 3.